The van der Waals surface area contributed by atoms with Gasteiger partial charge in [0.15, 0.2) is 0 Å². The molecule has 0 spiro atoms. The number of rotatable bonds is 4. The molecule has 0 radical (unpaired) electrons. The fraction of sp³-hybridized carbons (Fsp3) is 0.625. The molecule has 1 heterocycles. The van der Waals surface area contributed by atoms with E-state index in [1.807, 2.05) is 24.3 Å². The lowest BCUT2D eigenvalue weighted by molar-refractivity contribution is 0.229. The lowest BCUT2D eigenvalue weighted by Crippen LogP contribution is -2.38. The van der Waals surface area contributed by atoms with Gasteiger partial charge in [-0.05, 0) is 36.8 Å². The third-order valence-corrected chi connectivity index (χ3v) is 5.04. The van der Waals surface area contributed by atoms with Crippen LogP contribution in [0.3, 0.4) is 0 Å². The van der Waals surface area contributed by atoms with Crippen molar-refractivity contribution in [2.24, 2.45) is 17.6 Å². The van der Waals surface area contributed by atoms with Crippen LogP contribution in [-0.2, 0) is 0 Å². The number of benzene rings is 1. The number of para-hydroxylation sites is 1. The minimum atomic E-state index is 0. The Balaban J connectivity index is 0.00000161. The van der Waals surface area contributed by atoms with E-state index in [9.17, 15) is 0 Å². The molecule has 118 valence electrons. The molecule has 1 aliphatic heterocycles. The van der Waals surface area contributed by atoms with Gasteiger partial charge in [-0.15, -0.1) is 12.4 Å². The van der Waals surface area contributed by atoms with E-state index in [0.29, 0.717) is 23.6 Å². The van der Waals surface area contributed by atoms with Gasteiger partial charge in [0.1, 0.15) is 12.4 Å². The summed E-state index contributed by atoms with van der Waals surface area (Å²) in [5, 5.41) is 0.685. The molecule has 5 heteroatoms. The maximum absolute atomic E-state index is 6.25. The number of fused-ring (bicyclic) bond motifs is 1. The van der Waals surface area contributed by atoms with Crippen LogP contribution in [0.25, 0.3) is 0 Å². The second kappa shape index (κ2) is 7.68. The number of hydrogen-bond acceptors (Lipinski definition) is 3. The summed E-state index contributed by atoms with van der Waals surface area (Å²) < 4.78 is 5.77. The molecule has 3 nitrogen and oxygen atoms in total. The second-order valence-electron chi connectivity index (χ2n) is 6.06. The predicted molar refractivity (Wildman–Crippen MR) is 89.4 cm³/mol. The monoisotopic (exact) mass is 330 g/mol. The Morgan fingerprint density at radius 2 is 2.05 bits per heavy atom. The third-order valence-electron chi connectivity index (χ3n) is 4.73. The van der Waals surface area contributed by atoms with Crippen molar-refractivity contribution in [3.63, 3.8) is 0 Å². The van der Waals surface area contributed by atoms with Crippen LogP contribution < -0.4 is 10.5 Å². The number of ether oxygens (including phenoxy) is 1. The van der Waals surface area contributed by atoms with Crippen LogP contribution >= 0.6 is 24.0 Å². The maximum atomic E-state index is 6.25. The highest BCUT2D eigenvalue weighted by atomic mass is 35.5. The van der Waals surface area contributed by atoms with Crippen molar-refractivity contribution in [2.45, 2.75) is 25.3 Å². The zero-order chi connectivity index (χ0) is 13.9. The van der Waals surface area contributed by atoms with E-state index < -0.39 is 0 Å². The molecule has 1 saturated heterocycles. The summed E-state index contributed by atoms with van der Waals surface area (Å²) >= 11 is 6.08. The average molecular weight is 331 g/mol. The van der Waals surface area contributed by atoms with Crippen molar-refractivity contribution >= 4 is 24.0 Å². The largest absolute Gasteiger partial charge is 0.491 e. The lowest BCUT2D eigenvalue weighted by atomic mass is 9.78. The summed E-state index contributed by atoms with van der Waals surface area (Å²) in [6, 6.07) is 8.05. The van der Waals surface area contributed by atoms with Gasteiger partial charge in [-0.1, -0.05) is 30.2 Å². The molecule has 0 bridgehead atoms. The Kier molecular flexibility index (Phi) is 6.18. The fourth-order valence-electron chi connectivity index (χ4n) is 3.64. The van der Waals surface area contributed by atoms with Gasteiger partial charge in [0.2, 0.25) is 0 Å². The van der Waals surface area contributed by atoms with E-state index in [1.54, 1.807) is 0 Å². The quantitative estimate of drug-likeness (QED) is 0.921. The van der Waals surface area contributed by atoms with Crippen LogP contribution in [0.5, 0.6) is 5.75 Å². The first-order valence-corrected chi connectivity index (χ1v) is 7.97. The summed E-state index contributed by atoms with van der Waals surface area (Å²) in [6.45, 7) is 3.98. The number of likely N-dealkylation sites (tertiary alicyclic amines) is 1. The number of nitrogens with zero attached hydrogens (tertiary/aromatic N) is 1. The minimum Gasteiger partial charge on any atom is -0.491 e. The summed E-state index contributed by atoms with van der Waals surface area (Å²) in [6.07, 6.45) is 3.84. The first kappa shape index (κ1) is 16.9. The number of halogens is 2. The Morgan fingerprint density at radius 3 is 2.81 bits per heavy atom. The van der Waals surface area contributed by atoms with Gasteiger partial charge in [0.25, 0.3) is 0 Å². The van der Waals surface area contributed by atoms with Gasteiger partial charge in [-0.2, -0.15) is 0 Å². The third kappa shape index (κ3) is 4.04. The summed E-state index contributed by atoms with van der Waals surface area (Å²) in [7, 11) is 0. The first-order valence-electron chi connectivity index (χ1n) is 7.59. The van der Waals surface area contributed by atoms with Crippen molar-refractivity contribution in [1.29, 1.82) is 0 Å². The van der Waals surface area contributed by atoms with E-state index in [4.69, 9.17) is 22.1 Å². The number of nitrogens with two attached hydrogens (primary N) is 1. The molecule has 21 heavy (non-hydrogen) atoms. The van der Waals surface area contributed by atoms with Crippen LogP contribution in [0.4, 0.5) is 0 Å². The SMILES string of the molecule is Cl.NC1CCCC2CN(CCOc3ccccc3Cl)CC12. The predicted octanol–water partition coefficient (Wildman–Crippen LogP) is 3.20. The molecule has 1 saturated carbocycles. The zero-order valence-corrected chi connectivity index (χ0v) is 13.8. The van der Waals surface area contributed by atoms with Crippen LogP contribution in [-0.4, -0.2) is 37.2 Å². The molecule has 0 aromatic heterocycles. The molecule has 1 aromatic rings. The van der Waals surface area contributed by atoms with Gasteiger partial charge >= 0.3 is 0 Å². The molecule has 2 N–H and O–H groups in total. The fourth-order valence-corrected chi connectivity index (χ4v) is 3.83. The van der Waals surface area contributed by atoms with Crippen molar-refractivity contribution in [1.82, 2.24) is 4.90 Å². The molecule has 1 aliphatic carbocycles. The Labute approximate surface area is 138 Å². The second-order valence-corrected chi connectivity index (χ2v) is 6.46. The molecule has 3 rings (SSSR count). The normalized spacial score (nSPS) is 28.8. The molecule has 0 amide bonds. The zero-order valence-electron chi connectivity index (χ0n) is 12.2. The van der Waals surface area contributed by atoms with Crippen LogP contribution in [0.15, 0.2) is 24.3 Å². The topological polar surface area (TPSA) is 38.5 Å². The molecule has 2 fully saturated rings. The summed E-state index contributed by atoms with van der Waals surface area (Å²) in [5.74, 6) is 2.28. The van der Waals surface area contributed by atoms with Crippen molar-refractivity contribution in [3.05, 3.63) is 29.3 Å². The van der Waals surface area contributed by atoms with Crippen LogP contribution in [0.1, 0.15) is 19.3 Å². The minimum absolute atomic E-state index is 0. The highest BCUT2D eigenvalue weighted by Gasteiger charge is 2.38. The lowest BCUT2D eigenvalue weighted by Gasteiger charge is -2.29. The smallest absolute Gasteiger partial charge is 0.137 e. The molecular formula is C16H24Cl2N2O. The van der Waals surface area contributed by atoms with Crippen molar-refractivity contribution in [3.8, 4) is 5.75 Å². The first-order chi connectivity index (χ1) is 9.74. The average Bonchev–Trinajstić information content (AvgIpc) is 2.85. The molecule has 1 aromatic carbocycles. The van der Waals surface area contributed by atoms with Gasteiger partial charge in [0.05, 0.1) is 5.02 Å². The number of hydrogen-bond donors (Lipinski definition) is 1. The Hall–Kier alpha value is -0.480. The van der Waals surface area contributed by atoms with E-state index in [0.717, 1.165) is 24.8 Å². The van der Waals surface area contributed by atoms with Crippen LogP contribution in [0, 0.1) is 11.8 Å². The van der Waals surface area contributed by atoms with Crippen molar-refractivity contribution < 1.29 is 4.74 Å². The molecule has 2 aliphatic rings. The van der Waals surface area contributed by atoms with E-state index >= 15 is 0 Å². The molecule has 3 atom stereocenters. The standard InChI is InChI=1S/C16H23ClN2O.ClH/c17-14-5-1-2-7-16(14)20-9-8-19-10-12-4-3-6-15(18)13(12)11-19;/h1-2,5,7,12-13,15H,3-4,6,8-11,18H2;1H. The van der Waals surface area contributed by atoms with E-state index in [2.05, 4.69) is 4.90 Å². The highest BCUT2D eigenvalue weighted by molar-refractivity contribution is 6.32. The summed E-state index contributed by atoms with van der Waals surface area (Å²) in [4.78, 5) is 2.50. The van der Waals surface area contributed by atoms with Gasteiger partial charge in [-0.25, -0.2) is 0 Å². The van der Waals surface area contributed by atoms with Crippen molar-refractivity contribution in [2.75, 3.05) is 26.2 Å². The highest BCUT2D eigenvalue weighted by Crippen LogP contribution is 2.35. The van der Waals surface area contributed by atoms with E-state index in [1.165, 1.54) is 25.8 Å². The molecular weight excluding hydrogens is 307 g/mol. The van der Waals surface area contributed by atoms with Gasteiger partial charge in [-0.3, -0.25) is 4.90 Å². The van der Waals surface area contributed by atoms with Gasteiger partial charge < -0.3 is 10.5 Å². The summed E-state index contributed by atoms with van der Waals surface area (Å²) in [5.41, 5.74) is 6.25. The Bertz CT molecular complexity index is 458. The maximum Gasteiger partial charge on any atom is 0.137 e. The van der Waals surface area contributed by atoms with Crippen LogP contribution in [0.2, 0.25) is 5.02 Å². The van der Waals surface area contributed by atoms with E-state index in [-0.39, 0.29) is 12.4 Å². The van der Waals surface area contributed by atoms with Gasteiger partial charge in [0, 0.05) is 25.7 Å². The Morgan fingerprint density at radius 1 is 1.24 bits per heavy atom. The molecule has 3 unspecified atom stereocenters.